The van der Waals surface area contributed by atoms with E-state index >= 15 is 0 Å². The lowest BCUT2D eigenvalue weighted by Gasteiger charge is -2.33. The third-order valence-corrected chi connectivity index (χ3v) is 7.03. The van der Waals surface area contributed by atoms with Gasteiger partial charge in [0, 0.05) is 15.5 Å². The van der Waals surface area contributed by atoms with Crippen LogP contribution in [0.3, 0.4) is 0 Å². The summed E-state index contributed by atoms with van der Waals surface area (Å²) in [4.78, 5) is 5.02. The second kappa shape index (κ2) is 6.93. The Hall–Kier alpha value is -3.23. The summed E-state index contributed by atoms with van der Waals surface area (Å²) in [5.74, 6) is 0. The van der Waals surface area contributed by atoms with Crippen LogP contribution in [-0.2, 0) is 6.42 Å². The predicted octanol–water partition coefficient (Wildman–Crippen LogP) is 8.25. The van der Waals surface area contributed by atoms with Crippen molar-refractivity contribution in [1.29, 1.82) is 0 Å². The molecule has 1 aliphatic carbocycles. The van der Waals surface area contributed by atoms with E-state index in [1.54, 1.807) is 0 Å². The van der Waals surface area contributed by atoms with Gasteiger partial charge in [0.25, 0.3) is 0 Å². The summed E-state index contributed by atoms with van der Waals surface area (Å²) in [5, 5.41) is 0. The first kappa shape index (κ1) is 17.6. The monoisotopic (exact) mass is 403 g/mol. The van der Waals surface area contributed by atoms with Crippen molar-refractivity contribution < 1.29 is 0 Å². The molecule has 0 radical (unpaired) electrons. The highest BCUT2D eigenvalue weighted by Gasteiger charge is 2.26. The number of para-hydroxylation sites is 2. The maximum atomic E-state index is 2.43. The van der Waals surface area contributed by atoms with Crippen LogP contribution in [0.5, 0.6) is 0 Å². The second-order valence-corrected chi connectivity index (χ2v) is 9.05. The summed E-state index contributed by atoms with van der Waals surface area (Å²) in [6.45, 7) is 2.23. The Morgan fingerprint density at radius 3 is 2.07 bits per heavy atom. The van der Waals surface area contributed by atoms with E-state index in [0.29, 0.717) is 0 Å². The number of hydrogen-bond donors (Lipinski definition) is 0. The first-order chi connectivity index (χ1) is 14.8. The zero-order valence-electron chi connectivity index (χ0n) is 16.8. The van der Waals surface area contributed by atoms with E-state index in [4.69, 9.17) is 0 Å². The molecule has 2 heteroatoms. The van der Waals surface area contributed by atoms with Crippen LogP contribution < -0.4 is 4.90 Å². The third-order valence-electron chi connectivity index (χ3n) is 5.90. The van der Waals surface area contributed by atoms with Gasteiger partial charge in [-0.3, -0.25) is 0 Å². The molecule has 0 fully saturated rings. The van der Waals surface area contributed by atoms with Crippen LogP contribution in [0.25, 0.3) is 17.2 Å². The van der Waals surface area contributed by atoms with Gasteiger partial charge in [0.1, 0.15) is 0 Å². The van der Waals surface area contributed by atoms with Gasteiger partial charge in [0.2, 0.25) is 0 Å². The molecule has 144 valence electrons. The summed E-state index contributed by atoms with van der Waals surface area (Å²) < 4.78 is 0. The Labute approximate surface area is 181 Å². The highest BCUT2D eigenvalue weighted by Crippen LogP contribution is 2.52. The lowest BCUT2D eigenvalue weighted by molar-refractivity contribution is 1.15. The van der Waals surface area contributed by atoms with Crippen LogP contribution in [0, 0.1) is 0 Å². The molecule has 30 heavy (non-hydrogen) atoms. The quantitative estimate of drug-likeness (QED) is 0.292. The molecule has 0 aromatic heterocycles. The van der Waals surface area contributed by atoms with Crippen molar-refractivity contribution in [3.05, 3.63) is 108 Å². The normalized spacial score (nSPS) is 14.0. The van der Waals surface area contributed by atoms with Gasteiger partial charge in [-0.2, -0.15) is 0 Å². The summed E-state index contributed by atoms with van der Waals surface area (Å²) in [5.41, 5.74) is 10.6. The maximum absolute atomic E-state index is 2.43. The highest BCUT2D eigenvalue weighted by molar-refractivity contribution is 7.99. The Morgan fingerprint density at radius 1 is 0.733 bits per heavy atom. The maximum Gasteiger partial charge on any atom is 0.0601 e. The minimum absolute atomic E-state index is 1.03. The molecule has 0 bridgehead atoms. The van der Waals surface area contributed by atoms with Gasteiger partial charge in [-0.25, -0.2) is 0 Å². The molecule has 2 aliphatic rings. The summed E-state index contributed by atoms with van der Waals surface area (Å²) in [7, 11) is 0. The summed E-state index contributed by atoms with van der Waals surface area (Å²) in [6, 6.07) is 33.0. The molecule has 0 amide bonds. The van der Waals surface area contributed by atoms with E-state index in [-0.39, 0.29) is 0 Å². The molecule has 0 N–H and O–H groups in total. The molecule has 0 spiro atoms. The third kappa shape index (κ3) is 2.79. The van der Waals surface area contributed by atoms with Gasteiger partial charge in [-0.15, -0.1) is 0 Å². The number of rotatable bonds is 2. The number of allylic oxidation sites excluding steroid dienone is 1. The fourth-order valence-corrected chi connectivity index (χ4v) is 5.65. The van der Waals surface area contributed by atoms with Crippen molar-refractivity contribution >= 4 is 34.9 Å². The van der Waals surface area contributed by atoms with Crippen molar-refractivity contribution in [2.45, 2.75) is 23.1 Å². The molecule has 6 rings (SSSR count). The Morgan fingerprint density at radius 2 is 1.37 bits per heavy atom. The van der Waals surface area contributed by atoms with Crippen LogP contribution in [0.1, 0.15) is 18.1 Å². The van der Waals surface area contributed by atoms with Crippen LogP contribution in [-0.4, -0.2) is 0 Å². The Bertz CT molecular complexity index is 1260. The first-order valence-corrected chi connectivity index (χ1v) is 11.2. The zero-order chi connectivity index (χ0) is 20.1. The molecule has 0 saturated carbocycles. The van der Waals surface area contributed by atoms with E-state index in [1.807, 2.05) is 11.8 Å². The standard InChI is InChI=1S/C28H21NS/c1-19-15-21-17-22(18-24(23(21)16-19)20-9-3-2-4-10-20)29-25-11-5-7-13-27(25)30-28-14-8-6-12-26(28)29/h2-15,17-18H,16H2,1H3. The van der Waals surface area contributed by atoms with Crippen LogP contribution in [0.15, 0.2) is 106 Å². The average Bonchev–Trinajstić information content (AvgIpc) is 3.17. The molecular weight excluding hydrogens is 382 g/mol. The number of anilines is 3. The van der Waals surface area contributed by atoms with E-state index in [9.17, 15) is 0 Å². The molecule has 0 unspecified atom stereocenters. The number of fused-ring (bicyclic) bond motifs is 3. The first-order valence-electron chi connectivity index (χ1n) is 10.3. The Balaban J connectivity index is 1.62. The lowest BCUT2D eigenvalue weighted by Crippen LogP contribution is -2.15. The van der Waals surface area contributed by atoms with Crippen molar-refractivity contribution in [2.75, 3.05) is 4.90 Å². The lowest BCUT2D eigenvalue weighted by atomic mass is 9.94. The average molecular weight is 404 g/mol. The van der Waals surface area contributed by atoms with Gasteiger partial charge in [0.15, 0.2) is 0 Å². The fraction of sp³-hybridized carbons (Fsp3) is 0.0714. The Kier molecular flexibility index (Phi) is 4.07. The van der Waals surface area contributed by atoms with Crippen molar-refractivity contribution in [3.8, 4) is 11.1 Å². The second-order valence-electron chi connectivity index (χ2n) is 7.97. The van der Waals surface area contributed by atoms with E-state index in [0.717, 1.165) is 6.42 Å². The molecule has 1 aliphatic heterocycles. The minimum Gasteiger partial charge on any atom is -0.308 e. The van der Waals surface area contributed by atoms with Crippen LogP contribution >= 0.6 is 11.8 Å². The van der Waals surface area contributed by atoms with Gasteiger partial charge in [-0.05, 0) is 72.0 Å². The summed E-state index contributed by atoms with van der Waals surface area (Å²) in [6.07, 6.45) is 3.38. The molecular formula is C28H21NS. The molecule has 4 aromatic carbocycles. The van der Waals surface area contributed by atoms with Gasteiger partial charge in [-0.1, -0.05) is 78.0 Å². The number of hydrogen-bond acceptors (Lipinski definition) is 2. The largest absolute Gasteiger partial charge is 0.308 e. The smallest absolute Gasteiger partial charge is 0.0601 e. The zero-order valence-corrected chi connectivity index (χ0v) is 17.6. The molecule has 4 aromatic rings. The molecule has 1 heterocycles. The van der Waals surface area contributed by atoms with Gasteiger partial charge < -0.3 is 4.90 Å². The highest BCUT2D eigenvalue weighted by atomic mass is 32.2. The topological polar surface area (TPSA) is 3.24 Å². The molecule has 0 saturated heterocycles. The van der Waals surface area contributed by atoms with E-state index in [2.05, 4.69) is 109 Å². The van der Waals surface area contributed by atoms with Crippen molar-refractivity contribution in [2.24, 2.45) is 0 Å². The van der Waals surface area contributed by atoms with Gasteiger partial charge in [0.05, 0.1) is 11.4 Å². The summed E-state index contributed by atoms with van der Waals surface area (Å²) >= 11 is 1.85. The van der Waals surface area contributed by atoms with E-state index < -0.39 is 0 Å². The SMILES string of the molecule is CC1=Cc2cc(N3c4ccccc4Sc4ccccc43)cc(-c3ccccc3)c2C1. The van der Waals surface area contributed by atoms with E-state index in [1.165, 1.54) is 54.7 Å². The number of benzene rings is 4. The van der Waals surface area contributed by atoms with Crippen LogP contribution in [0.4, 0.5) is 17.1 Å². The van der Waals surface area contributed by atoms with Crippen molar-refractivity contribution in [1.82, 2.24) is 0 Å². The van der Waals surface area contributed by atoms with Crippen molar-refractivity contribution in [3.63, 3.8) is 0 Å². The predicted molar refractivity (Wildman–Crippen MR) is 128 cm³/mol. The minimum atomic E-state index is 1.03. The fourth-order valence-electron chi connectivity index (χ4n) is 4.59. The van der Waals surface area contributed by atoms with Crippen LogP contribution in [0.2, 0.25) is 0 Å². The number of nitrogens with zero attached hydrogens (tertiary/aromatic N) is 1. The van der Waals surface area contributed by atoms with Gasteiger partial charge >= 0.3 is 0 Å². The molecule has 0 atom stereocenters. The molecule has 1 nitrogen and oxygen atoms in total.